The second kappa shape index (κ2) is 7.70. The average Bonchev–Trinajstić information content (AvgIpc) is 2.91. The van der Waals surface area contributed by atoms with E-state index in [0.717, 1.165) is 25.1 Å². The van der Waals surface area contributed by atoms with Gasteiger partial charge in [0.15, 0.2) is 11.5 Å². The topological polar surface area (TPSA) is 59.0 Å². The maximum Gasteiger partial charge on any atom is 0.331 e. The quantitative estimate of drug-likeness (QED) is 0.661. The molecule has 5 nitrogen and oxygen atoms in total. The van der Waals surface area contributed by atoms with Crippen molar-refractivity contribution in [2.75, 3.05) is 27.2 Å². The molecule has 5 atom stereocenters. The summed E-state index contributed by atoms with van der Waals surface area (Å²) in [6.07, 6.45) is 4.10. The van der Waals surface area contributed by atoms with Crippen molar-refractivity contribution < 1.29 is 19.4 Å². The monoisotopic (exact) mass is 359 g/mol. The van der Waals surface area contributed by atoms with Gasteiger partial charge < -0.3 is 19.5 Å². The van der Waals surface area contributed by atoms with Gasteiger partial charge in [0.05, 0.1) is 7.11 Å². The number of hydrogen-bond donors (Lipinski definition) is 1. The van der Waals surface area contributed by atoms with Crippen LogP contribution in [0.3, 0.4) is 0 Å². The fourth-order valence-corrected chi connectivity index (χ4v) is 4.65. The summed E-state index contributed by atoms with van der Waals surface area (Å²) in [5, 5.41) is 9.63. The molecule has 2 aliphatic rings. The lowest BCUT2D eigenvalue weighted by Gasteiger charge is -2.38. The van der Waals surface area contributed by atoms with Crippen LogP contribution in [-0.2, 0) is 9.53 Å². The van der Waals surface area contributed by atoms with Crippen molar-refractivity contribution >= 4 is 12.0 Å². The normalized spacial score (nSPS) is 31.8. The number of ether oxygens (including phenoxy) is 2. The van der Waals surface area contributed by atoms with Crippen LogP contribution in [0, 0.1) is 23.7 Å². The molecule has 1 saturated heterocycles. The van der Waals surface area contributed by atoms with Gasteiger partial charge in [-0.05, 0) is 60.9 Å². The number of likely N-dealkylation sites (tertiary alicyclic amines) is 1. The van der Waals surface area contributed by atoms with E-state index in [-0.39, 0.29) is 17.8 Å². The molecule has 1 heterocycles. The molecule has 1 aliphatic heterocycles. The SMILES string of the molecule is COc1cc(C=CC(=O)O[C@H]2C[C@H]3[C@H](CN(C)C[C@H]3C)[C@H]2C)ccc1O. The molecule has 1 aromatic carbocycles. The lowest BCUT2D eigenvalue weighted by Crippen LogP contribution is -2.42. The van der Waals surface area contributed by atoms with E-state index in [2.05, 4.69) is 25.8 Å². The van der Waals surface area contributed by atoms with Crippen LogP contribution in [0.1, 0.15) is 25.8 Å². The lowest BCUT2D eigenvalue weighted by atomic mass is 9.79. The van der Waals surface area contributed by atoms with Crippen molar-refractivity contribution in [2.45, 2.75) is 26.4 Å². The molecule has 1 aromatic rings. The number of fused-ring (bicyclic) bond motifs is 1. The molecule has 1 aliphatic carbocycles. The number of carbonyl (C=O) groups is 1. The highest BCUT2D eigenvalue weighted by atomic mass is 16.5. The molecule has 2 fully saturated rings. The van der Waals surface area contributed by atoms with Crippen molar-refractivity contribution in [1.82, 2.24) is 4.90 Å². The number of rotatable bonds is 4. The van der Waals surface area contributed by atoms with Crippen molar-refractivity contribution in [1.29, 1.82) is 0 Å². The van der Waals surface area contributed by atoms with Crippen molar-refractivity contribution in [3.63, 3.8) is 0 Å². The van der Waals surface area contributed by atoms with Crippen molar-refractivity contribution in [3.05, 3.63) is 29.8 Å². The van der Waals surface area contributed by atoms with Gasteiger partial charge in [0, 0.05) is 19.2 Å². The third-order valence-electron chi connectivity index (χ3n) is 6.05. The van der Waals surface area contributed by atoms with Crippen LogP contribution < -0.4 is 4.74 Å². The van der Waals surface area contributed by atoms with Crippen LogP contribution >= 0.6 is 0 Å². The number of methoxy groups -OCH3 is 1. The third kappa shape index (κ3) is 3.88. The van der Waals surface area contributed by atoms with Crippen LogP contribution in [-0.4, -0.2) is 49.3 Å². The molecule has 0 unspecified atom stereocenters. The third-order valence-corrected chi connectivity index (χ3v) is 6.05. The van der Waals surface area contributed by atoms with E-state index in [1.165, 1.54) is 13.2 Å². The van der Waals surface area contributed by atoms with Crippen molar-refractivity contribution in [3.8, 4) is 11.5 Å². The Kier molecular flexibility index (Phi) is 5.56. The standard InChI is InChI=1S/C21H29NO4/c1-13-11-22(3)12-17-14(2)19(10-16(13)17)26-21(24)8-6-15-5-7-18(23)20(9-15)25-4/h5-9,13-14,16-17,19,23H,10-12H2,1-4H3/t13-,14-,16-,17-,19+/m1/s1. The number of phenolic OH excluding ortho intramolecular Hbond substituents is 1. The number of nitrogens with zero attached hydrogens (tertiary/aromatic N) is 1. The summed E-state index contributed by atoms with van der Waals surface area (Å²) in [4.78, 5) is 14.7. The average molecular weight is 359 g/mol. The molecule has 0 bridgehead atoms. The van der Waals surface area contributed by atoms with Gasteiger partial charge in [0.2, 0.25) is 0 Å². The van der Waals surface area contributed by atoms with Crippen LogP contribution in [0.15, 0.2) is 24.3 Å². The highest BCUT2D eigenvalue weighted by Crippen LogP contribution is 2.45. The number of aromatic hydroxyl groups is 1. The zero-order chi connectivity index (χ0) is 18.8. The first-order chi connectivity index (χ1) is 12.4. The molecule has 0 aromatic heterocycles. The first-order valence-electron chi connectivity index (χ1n) is 9.33. The minimum Gasteiger partial charge on any atom is -0.504 e. The summed E-state index contributed by atoms with van der Waals surface area (Å²) in [6.45, 7) is 6.73. The first-order valence-corrected chi connectivity index (χ1v) is 9.33. The Morgan fingerprint density at radius 3 is 2.77 bits per heavy atom. The zero-order valence-corrected chi connectivity index (χ0v) is 16.0. The predicted octanol–water partition coefficient (Wildman–Crippen LogP) is 3.18. The van der Waals surface area contributed by atoms with Gasteiger partial charge in [-0.2, -0.15) is 0 Å². The molecule has 1 N–H and O–H groups in total. The van der Waals surface area contributed by atoms with Crippen LogP contribution in [0.5, 0.6) is 11.5 Å². The Morgan fingerprint density at radius 1 is 1.27 bits per heavy atom. The summed E-state index contributed by atoms with van der Waals surface area (Å²) < 4.78 is 10.9. The maximum atomic E-state index is 12.3. The summed E-state index contributed by atoms with van der Waals surface area (Å²) in [5.41, 5.74) is 0.778. The largest absolute Gasteiger partial charge is 0.504 e. The Morgan fingerprint density at radius 2 is 2.04 bits per heavy atom. The number of phenols is 1. The Hall–Kier alpha value is -2.01. The van der Waals surface area contributed by atoms with Gasteiger partial charge in [-0.1, -0.05) is 19.9 Å². The number of piperidine rings is 1. The number of carbonyl (C=O) groups excluding carboxylic acids is 1. The van der Waals surface area contributed by atoms with E-state index >= 15 is 0 Å². The molecule has 26 heavy (non-hydrogen) atoms. The molecular weight excluding hydrogens is 330 g/mol. The van der Waals surface area contributed by atoms with E-state index in [0.29, 0.717) is 29.4 Å². The smallest absolute Gasteiger partial charge is 0.331 e. The van der Waals surface area contributed by atoms with Gasteiger partial charge in [-0.3, -0.25) is 0 Å². The van der Waals surface area contributed by atoms with Crippen LogP contribution in [0.2, 0.25) is 0 Å². The van der Waals surface area contributed by atoms with Gasteiger partial charge in [-0.25, -0.2) is 4.79 Å². The van der Waals surface area contributed by atoms with Crippen LogP contribution in [0.25, 0.3) is 6.08 Å². The second-order valence-corrected chi connectivity index (χ2v) is 7.86. The van der Waals surface area contributed by atoms with Gasteiger partial charge in [0.25, 0.3) is 0 Å². The minimum absolute atomic E-state index is 0.00884. The number of esters is 1. The Balaban J connectivity index is 1.61. The highest BCUT2D eigenvalue weighted by Gasteiger charge is 2.47. The van der Waals surface area contributed by atoms with E-state index in [4.69, 9.17) is 9.47 Å². The van der Waals surface area contributed by atoms with Crippen molar-refractivity contribution in [2.24, 2.45) is 23.7 Å². The first kappa shape index (κ1) is 18.8. The Bertz CT molecular complexity index is 687. The molecule has 1 saturated carbocycles. The fraction of sp³-hybridized carbons (Fsp3) is 0.571. The molecular formula is C21H29NO4. The summed E-state index contributed by atoms with van der Waals surface area (Å²) in [5.74, 6) is 2.42. The van der Waals surface area contributed by atoms with E-state index in [9.17, 15) is 9.90 Å². The second-order valence-electron chi connectivity index (χ2n) is 7.86. The molecule has 3 rings (SSSR count). The minimum atomic E-state index is -0.312. The van der Waals surface area contributed by atoms with E-state index in [1.807, 2.05) is 0 Å². The van der Waals surface area contributed by atoms with Gasteiger partial charge >= 0.3 is 5.97 Å². The lowest BCUT2D eigenvalue weighted by molar-refractivity contribution is -0.144. The van der Waals surface area contributed by atoms with E-state index < -0.39 is 0 Å². The van der Waals surface area contributed by atoms with Gasteiger partial charge in [0.1, 0.15) is 6.10 Å². The molecule has 0 amide bonds. The summed E-state index contributed by atoms with van der Waals surface area (Å²) in [7, 11) is 3.67. The Labute approximate surface area is 155 Å². The molecule has 0 radical (unpaired) electrons. The highest BCUT2D eigenvalue weighted by molar-refractivity contribution is 5.87. The summed E-state index contributed by atoms with van der Waals surface area (Å²) >= 11 is 0. The predicted molar refractivity (Wildman–Crippen MR) is 101 cm³/mol. The molecule has 142 valence electrons. The number of benzene rings is 1. The van der Waals surface area contributed by atoms with Gasteiger partial charge in [-0.15, -0.1) is 0 Å². The zero-order valence-electron chi connectivity index (χ0n) is 16.0. The van der Waals surface area contributed by atoms with Crippen LogP contribution in [0.4, 0.5) is 0 Å². The summed E-state index contributed by atoms with van der Waals surface area (Å²) in [6, 6.07) is 4.96. The molecule has 0 spiro atoms. The maximum absolute atomic E-state index is 12.3. The number of hydrogen-bond acceptors (Lipinski definition) is 5. The van der Waals surface area contributed by atoms with E-state index in [1.54, 1.807) is 24.3 Å². The molecule has 5 heteroatoms. The fourth-order valence-electron chi connectivity index (χ4n) is 4.65.